The van der Waals surface area contributed by atoms with Gasteiger partial charge < -0.3 is 10.4 Å². The largest absolute Gasteiger partial charge is 0.378 e. The lowest BCUT2D eigenvalue weighted by atomic mass is 10.1. The second-order valence-corrected chi connectivity index (χ2v) is 6.70. The van der Waals surface area contributed by atoms with E-state index in [2.05, 4.69) is 26.2 Å². The third-order valence-corrected chi connectivity index (χ3v) is 5.37. The van der Waals surface area contributed by atoms with Gasteiger partial charge in [-0.3, -0.25) is 4.79 Å². The summed E-state index contributed by atoms with van der Waals surface area (Å²) >= 11 is 6.52. The van der Waals surface area contributed by atoms with Gasteiger partial charge in [0.05, 0.1) is 0 Å². The standard InChI is InChI=1S/C11H7BrN2O2S2/c12-6-3-5-7(14-10(16)9(5)15)4-8(6)18-11-13-1-2-17-11/h1-4,9,15H,(H,14,16). The van der Waals surface area contributed by atoms with Crippen LogP contribution in [0.2, 0.25) is 0 Å². The summed E-state index contributed by atoms with van der Waals surface area (Å²) in [6, 6.07) is 3.62. The number of anilines is 1. The van der Waals surface area contributed by atoms with Gasteiger partial charge in [-0.05, 0) is 28.1 Å². The van der Waals surface area contributed by atoms with Gasteiger partial charge in [-0.15, -0.1) is 11.3 Å². The number of rotatable bonds is 2. The topological polar surface area (TPSA) is 62.2 Å². The molecule has 0 radical (unpaired) electrons. The van der Waals surface area contributed by atoms with E-state index < -0.39 is 6.10 Å². The van der Waals surface area contributed by atoms with Crippen LogP contribution in [0.1, 0.15) is 11.7 Å². The molecule has 0 saturated carbocycles. The van der Waals surface area contributed by atoms with Crippen molar-refractivity contribution in [3.8, 4) is 0 Å². The lowest BCUT2D eigenvalue weighted by Crippen LogP contribution is -2.10. The average molecular weight is 343 g/mol. The lowest BCUT2D eigenvalue weighted by molar-refractivity contribution is -0.123. The molecule has 2 N–H and O–H groups in total. The Morgan fingerprint density at radius 3 is 3.06 bits per heavy atom. The Labute approximate surface area is 120 Å². The van der Waals surface area contributed by atoms with Crippen molar-refractivity contribution < 1.29 is 9.90 Å². The molecule has 1 atom stereocenters. The molecule has 0 aliphatic carbocycles. The van der Waals surface area contributed by atoms with E-state index in [1.165, 1.54) is 11.8 Å². The number of halogens is 1. The van der Waals surface area contributed by atoms with Crippen LogP contribution in [-0.2, 0) is 4.79 Å². The van der Waals surface area contributed by atoms with Crippen LogP contribution in [0.25, 0.3) is 0 Å². The van der Waals surface area contributed by atoms with Crippen molar-refractivity contribution in [2.75, 3.05) is 5.32 Å². The zero-order chi connectivity index (χ0) is 12.7. The number of aliphatic hydroxyl groups is 1. The number of nitrogens with one attached hydrogen (secondary N) is 1. The Hall–Kier alpha value is -0.890. The highest BCUT2D eigenvalue weighted by Gasteiger charge is 2.29. The highest BCUT2D eigenvalue weighted by Crippen LogP contribution is 2.41. The van der Waals surface area contributed by atoms with Crippen molar-refractivity contribution in [3.63, 3.8) is 0 Å². The molecule has 92 valence electrons. The van der Waals surface area contributed by atoms with Gasteiger partial charge in [0, 0.05) is 32.2 Å². The van der Waals surface area contributed by atoms with Crippen molar-refractivity contribution in [2.45, 2.75) is 15.3 Å². The van der Waals surface area contributed by atoms with Crippen LogP contribution in [0.15, 0.2) is 37.4 Å². The minimum atomic E-state index is -1.07. The van der Waals surface area contributed by atoms with E-state index in [4.69, 9.17) is 0 Å². The van der Waals surface area contributed by atoms with Gasteiger partial charge in [-0.25, -0.2) is 4.98 Å². The second-order valence-electron chi connectivity index (χ2n) is 3.66. The molecule has 1 amide bonds. The number of fused-ring (bicyclic) bond motifs is 1. The molecule has 0 saturated heterocycles. The number of aliphatic hydroxyl groups excluding tert-OH is 1. The molecule has 2 heterocycles. The Kier molecular flexibility index (Phi) is 3.14. The first-order valence-corrected chi connectivity index (χ1v) is 7.54. The third-order valence-electron chi connectivity index (χ3n) is 2.51. The van der Waals surface area contributed by atoms with Crippen molar-refractivity contribution >= 4 is 50.6 Å². The molecule has 2 aromatic rings. The number of aromatic nitrogens is 1. The molecule has 1 aromatic heterocycles. The maximum absolute atomic E-state index is 11.4. The average Bonchev–Trinajstić information content (AvgIpc) is 2.92. The van der Waals surface area contributed by atoms with Crippen LogP contribution in [0, 0.1) is 0 Å². The summed E-state index contributed by atoms with van der Waals surface area (Å²) in [5.41, 5.74) is 1.27. The Morgan fingerprint density at radius 1 is 1.50 bits per heavy atom. The van der Waals surface area contributed by atoms with Crippen molar-refractivity contribution in [3.05, 3.63) is 33.7 Å². The molecule has 18 heavy (non-hydrogen) atoms. The first-order chi connectivity index (χ1) is 8.65. The molecule has 1 aliphatic heterocycles. The number of hydrogen-bond donors (Lipinski definition) is 2. The highest BCUT2D eigenvalue weighted by molar-refractivity contribution is 9.10. The summed E-state index contributed by atoms with van der Waals surface area (Å²) in [5.74, 6) is -0.381. The van der Waals surface area contributed by atoms with Crippen LogP contribution in [0.3, 0.4) is 0 Å². The normalized spacial score (nSPS) is 17.7. The van der Waals surface area contributed by atoms with E-state index in [1.807, 2.05) is 11.4 Å². The monoisotopic (exact) mass is 342 g/mol. The number of amides is 1. The van der Waals surface area contributed by atoms with E-state index >= 15 is 0 Å². The Bertz CT molecular complexity index is 616. The predicted octanol–water partition coefficient (Wildman–Crippen LogP) is 3.04. The van der Waals surface area contributed by atoms with Crippen molar-refractivity contribution in [1.82, 2.24) is 4.98 Å². The summed E-state index contributed by atoms with van der Waals surface area (Å²) in [4.78, 5) is 16.5. The van der Waals surface area contributed by atoms with Crippen molar-refractivity contribution in [1.29, 1.82) is 0 Å². The van der Waals surface area contributed by atoms with E-state index in [0.29, 0.717) is 11.3 Å². The molecular formula is C11H7BrN2O2S2. The zero-order valence-corrected chi connectivity index (χ0v) is 12.1. The Morgan fingerprint density at radius 2 is 2.33 bits per heavy atom. The number of hydrogen-bond acceptors (Lipinski definition) is 5. The molecule has 0 fully saturated rings. The number of carbonyl (C=O) groups excluding carboxylic acids is 1. The molecule has 1 unspecified atom stereocenters. The molecule has 1 aromatic carbocycles. The molecule has 3 rings (SSSR count). The van der Waals surface area contributed by atoms with Gasteiger partial charge in [-0.1, -0.05) is 11.8 Å². The number of benzene rings is 1. The van der Waals surface area contributed by atoms with E-state index in [0.717, 1.165) is 13.7 Å². The van der Waals surface area contributed by atoms with Crippen LogP contribution >= 0.6 is 39.0 Å². The lowest BCUT2D eigenvalue weighted by Gasteiger charge is -2.06. The van der Waals surface area contributed by atoms with Gasteiger partial charge in [-0.2, -0.15) is 0 Å². The molecule has 4 nitrogen and oxygen atoms in total. The number of nitrogens with zero attached hydrogens (tertiary/aromatic N) is 1. The van der Waals surface area contributed by atoms with Crippen LogP contribution in [0.4, 0.5) is 5.69 Å². The quantitative estimate of drug-likeness (QED) is 0.880. The summed E-state index contributed by atoms with van der Waals surface area (Å²) in [6.07, 6.45) is 0.676. The zero-order valence-electron chi connectivity index (χ0n) is 8.88. The van der Waals surface area contributed by atoms with Crippen LogP contribution in [0.5, 0.6) is 0 Å². The fraction of sp³-hybridized carbons (Fsp3) is 0.0909. The van der Waals surface area contributed by atoms with Gasteiger partial charge >= 0.3 is 0 Å². The van der Waals surface area contributed by atoms with Gasteiger partial charge in [0.25, 0.3) is 5.91 Å². The fourth-order valence-electron chi connectivity index (χ4n) is 1.68. The minimum absolute atomic E-state index is 0.381. The van der Waals surface area contributed by atoms with E-state index in [9.17, 15) is 9.90 Å². The molecule has 0 spiro atoms. The maximum atomic E-state index is 11.4. The summed E-state index contributed by atoms with van der Waals surface area (Å²) < 4.78 is 1.78. The molecular weight excluding hydrogens is 336 g/mol. The fourth-order valence-corrected chi connectivity index (χ4v) is 3.91. The van der Waals surface area contributed by atoms with Gasteiger partial charge in [0.15, 0.2) is 10.4 Å². The SMILES string of the molecule is O=C1Nc2cc(Sc3nccs3)c(Br)cc2C1O. The second kappa shape index (κ2) is 4.65. The van der Waals surface area contributed by atoms with Gasteiger partial charge in [0.1, 0.15) is 0 Å². The number of thiazole rings is 1. The number of carbonyl (C=O) groups is 1. The molecule has 0 bridgehead atoms. The third kappa shape index (κ3) is 2.07. The predicted molar refractivity (Wildman–Crippen MR) is 74.0 cm³/mol. The minimum Gasteiger partial charge on any atom is -0.378 e. The smallest absolute Gasteiger partial charge is 0.257 e. The first-order valence-electron chi connectivity index (χ1n) is 5.05. The first kappa shape index (κ1) is 12.2. The van der Waals surface area contributed by atoms with E-state index in [1.54, 1.807) is 23.6 Å². The van der Waals surface area contributed by atoms with Crippen LogP contribution < -0.4 is 5.32 Å². The summed E-state index contributed by atoms with van der Waals surface area (Å²) in [5, 5.41) is 14.2. The molecule has 1 aliphatic rings. The van der Waals surface area contributed by atoms with Crippen LogP contribution in [-0.4, -0.2) is 16.0 Å². The van der Waals surface area contributed by atoms with Crippen molar-refractivity contribution in [2.24, 2.45) is 0 Å². The Balaban J connectivity index is 1.98. The molecule has 7 heteroatoms. The highest BCUT2D eigenvalue weighted by atomic mass is 79.9. The van der Waals surface area contributed by atoms with E-state index in [-0.39, 0.29) is 5.91 Å². The van der Waals surface area contributed by atoms with Gasteiger partial charge in [0.2, 0.25) is 0 Å². The maximum Gasteiger partial charge on any atom is 0.257 e. The summed E-state index contributed by atoms with van der Waals surface area (Å²) in [7, 11) is 0. The summed E-state index contributed by atoms with van der Waals surface area (Å²) in [6.45, 7) is 0.